The molecule has 0 aliphatic heterocycles. The molecule has 0 radical (unpaired) electrons. The number of hydrogen-bond acceptors (Lipinski definition) is 3. The Balaban J connectivity index is 1.64. The minimum Gasteiger partial charge on any atom is -0.267 e. The Hall–Kier alpha value is -2.21. The van der Waals surface area contributed by atoms with E-state index in [2.05, 4.69) is 17.8 Å². The van der Waals surface area contributed by atoms with Crippen molar-refractivity contribution in [1.29, 1.82) is 0 Å². The molecule has 1 atom stereocenters. The molecule has 4 nitrogen and oxygen atoms in total. The molecule has 0 saturated heterocycles. The Morgan fingerprint density at radius 1 is 1.22 bits per heavy atom. The van der Waals surface area contributed by atoms with Gasteiger partial charge in [-0.2, -0.15) is 0 Å². The number of carbonyl (C=O) groups is 2. The van der Waals surface area contributed by atoms with Gasteiger partial charge in [-0.1, -0.05) is 19.1 Å². The molecule has 0 saturated carbocycles. The second-order valence-corrected chi connectivity index (χ2v) is 6.93. The average molecular weight is 332 g/mol. The maximum atomic E-state index is 13.5. The van der Waals surface area contributed by atoms with E-state index >= 15 is 0 Å². The normalized spacial score (nSPS) is 16.5. The van der Waals surface area contributed by atoms with Gasteiger partial charge in [0.1, 0.15) is 5.82 Å². The first-order valence-electron chi connectivity index (χ1n) is 7.51. The summed E-state index contributed by atoms with van der Waals surface area (Å²) in [5, 5.41) is 0. The van der Waals surface area contributed by atoms with Gasteiger partial charge in [0.15, 0.2) is 0 Å². The van der Waals surface area contributed by atoms with Crippen molar-refractivity contribution in [3.05, 3.63) is 57.0 Å². The Morgan fingerprint density at radius 3 is 2.74 bits per heavy atom. The van der Waals surface area contributed by atoms with E-state index in [1.165, 1.54) is 40.0 Å². The molecule has 2 N–H and O–H groups in total. The Kier molecular flexibility index (Phi) is 4.43. The Morgan fingerprint density at radius 2 is 1.96 bits per heavy atom. The highest BCUT2D eigenvalue weighted by Gasteiger charge is 2.21. The first-order chi connectivity index (χ1) is 11.0. The zero-order valence-corrected chi connectivity index (χ0v) is 13.5. The fourth-order valence-electron chi connectivity index (χ4n) is 2.71. The molecule has 1 aromatic heterocycles. The van der Waals surface area contributed by atoms with Crippen molar-refractivity contribution in [2.24, 2.45) is 5.92 Å². The summed E-state index contributed by atoms with van der Waals surface area (Å²) in [4.78, 5) is 25.8. The molecular weight excluding hydrogens is 315 g/mol. The molecule has 23 heavy (non-hydrogen) atoms. The summed E-state index contributed by atoms with van der Waals surface area (Å²) in [6.45, 7) is 2.20. The number of halogens is 1. The molecular formula is C17H17FN2O2S. The largest absolute Gasteiger partial charge is 0.279 e. The van der Waals surface area contributed by atoms with E-state index in [-0.39, 0.29) is 11.5 Å². The number of hydrogen-bond donors (Lipinski definition) is 2. The van der Waals surface area contributed by atoms with Gasteiger partial charge in [-0.15, -0.1) is 11.3 Å². The smallest absolute Gasteiger partial charge is 0.267 e. The lowest BCUT2D eigenvalue weighted by Crippen LogP contribution is -2.41. The molecule has 1 aliphatic carbocycles. The van der Waals surface area contributed by atoms with Crippen LogP contribution >= 0.6 is 11.3 Å². The number of benzene rings is 1. The van der Waals surface area contributed by atoms with E-state index in [1.54, 1.807) is 6.07 Å². The monoisotopic (exact) mass is 332 g/mol. The molecule has 2 aromatic rings. The lowest BCUT2D eigenvalue weighted by atomic mass is 9.90. The third kappa shape index (κ3) is 3.42. The van der Waals surface area contributed by atoms with Gasteiger partial charge in [-0.05, 0) is 48.9 Å². The van der Waals surface area contributed by atoms with Gasteiger partial charge in [0, 0.05) is 4.88 Å². The minimum absolute atomic E-state index is 0.105. The molecule has 0 unspecified atom stereocenters. The van der Waals surface area contributed by atoms with Crippen LogP contribution in [-0.2, 0) is 12.8 Å². The number of fused-ring (bicyclic) bond motifs is 1. The quantitative estimate of drug-likeness (QED) is 0.830. The van der Waals surface area contributed by atoms with Gasteiger partial charge in [0.05, 0.1) is 10.4 Å². The van der Waals surface area contributed by atoms with E-state index in [0.29, 0.717) is 10.8 Å². The lowest BCUT2D eigenvalue weighted by Gasteiger charge is -2.16. The van der Waals surface area contributed by atoms with Crippen LogP contribution in [0.3, 0.4) is 0 Å². The number of amides is 2. The highest BCUT2D eigenvalue weighted by Crippen LogP contribution is 2.32. The summed E-state index contributed by atoms with van der Waals surface area (Å²) in [6, 6.07) is 7.52. The van der Waals surface area contributed by atoms with E-state index < -0.39 is 11.7 Å². The van der Waals surface area contributed by atoms with E-state index in [4.69, 9.17) is 0 Å². The predicted octanol–water partition coefficient (Wildman–Crippen LogP) is 3.09. The van der Waals surface area contributed by atoms with Crippen molar-refractivity contribution in [3.8, 4) is 0 Å². The van der Waals surface area contributed by atoms with Crippen molar-refractivity contribution in [3.63, 3.8) is 0 Å². The van der Waals surface area contributed by atoms with E-state index in [9.17, 15) is 14.0 Å². The van der Waals surface area contributed by atoms with Gasteiger partial charge < -0.3 is 0 Å². The molecule has 1 aliphatic rings. The maximum Gasteiger partial charge on any atom is 0.279 e. The van der Waals surface area contributed by atoms with Crippen molar-refractivity contribution >= 4 is 23.2 Å². The van der Waals surface area contributed by atoms with Crippen LogP contribution in [0.5, 0.6) is 0 Å². The molecule has 0 bridgehead atoms. The first-order valence-corrected chi connectivity index (χ1v) is 8.33. The van der Waals surface area contributed by atoms with Gasteiger partial charge >= 0.3 is 0 Å². The topological polar surface area (TPSA) is 58.2 Å². The molecule has 1 heterocycles. The zero-order valence-electron chi connectivity index (χ0n) is 12.7. The molecule has 3 rings (SSSR count). The van der Waals surface area contributed by atoms with Crippen LogP contribution in [0, 0.1) is 11.7 Å². The molecule has 0 fully saturated rings. The highest BCUT2D eigenvalue weighted by atomic mass is 32.1. The van der Waals surface area contributed by atoms with Crippen molar-refractivity contribution < 1.29 is 14.0 Å². The number of hydrazine groups is 1. The van der Waals surface area contributed by atoms with Crippen LogP contribution in [0.15, 0.2) is 30.3 Å². The van der Waals surface area contributed by atoms with E-state index in [1.807, 2.05) is 6.07 Å². The third-order valence-corrected chi connectivity index (χ3v) is 5.20. The van der Waals surface area contributed by atoms with E-state index in [0.717, 1.165) is 19.3 Å². The minimum atomic E-state index is -0.675. The van der Waals surface area contributed by atoms with Crippen molar-refractivity contribution in [1.82, 2.24) is 10.9 Å². The number of rotatable bonds is 2. The highest BCUT2D eigenvalue weighted by molar-refractivity contribution is 7.14. The second-order valence-electron chi connectivity index (χ2n) is 5.80. The van der Waals surface area contributed by atoms with Gasteiger partial charge in [0.25, 0.3) is 11.8 Å². The van der Waals surface area contributed by atoms with Crippen LogP contribution in [0.2, 0.25) is 0 Å². The SMILES string of the molecule is C[C@H]1CCc2sc(C(=O)NNC(=O)c3ccccc3F)cc2C1. The lowest BCUT2D eigenvalue weighted by molar-refractivity contribution is 0.0846. The van der Waals surface area contributed by atoms with Crippen LogP contribution in [0.4, 0.5) is 4.39 Å². The van der Waals surface area contributed by atoms with Crippen molar-refractivity contribution in [2.75, 3.05) is 0 Å². The van der Waals surface area contributed by atoms with Gasteiger partial charge in [0.2, 0.25) is 0 Å². The maximum absolute atomic E-state index is 13.5. The van der Waals surface area contributed by atoms with Gasteiger partial charge in [-0.25, -0.2) is 4.39 Å². The van der Waals surface area contributed by atoms with Crippen LogP contribution in [0.25, 0.3) is 0 Å². The molecule has 6 heteroatoms. The van der Waals surface area contributed by atoms with Gasteiger partial charge in [-0.3, -0.25) is 20.4 Å². The number of nitrogens with one attached hydrogen (secondary N) is 2. The number of aryl methyl sites for hydroxylation is 1. The summed E-state index contributed by atoms with van der Waals surface area (Å²) in [6.07, 6.45) is 3.12. The Labute approximate surface area is 137 Å². The summed E-state index contributed by atoms with van der Waals surface area (Å²) in [5.41, 5.74) is 5.72. The fourth-order valence-corrected chi connectivity index (χ4v) is 3.81. The van der Waals surface area contributed by atoms with Crippen molar-refractivity contribution in [2.45, 2.75) is 26.2 Å². The molecule has 0 spiro atoms. The Bertz CT molecular complexity index is 757. The molecule has 1 aromatic carbocycles. The zero-order chi connectivity index (χ0) is 16.4. The summed E-state index contributed by atoms with van der Waals surface area (Å²) in [5.74, 6) is -1.04. The summed E-state index contributed by atoms with van der Waals surface area (Å²) >= 11 is 1.46. The molecule has 120 valence electrons. The predicted molar refractivity (Wildman–Crippen MR) is 86.8 cm³/mol. The summed E-state index contributed by atoms with van der Waals surface area (Å²) < 4.78 is 13.5. The van der Waals surface area contributed by atoms with Crippen LogP contribution in [-0.4, -0.2) is 11.8 Å². The first kappa shape index (κ1) is 15.7. The third-order valence-electron chi connectivity index (χ3n) is 3.96. The number of thiophene rings is 1. The molecule has 2 amide bonds. The average Bonchev–Trinajstić information content (AvgIpc) is 2.95. The standard InChI is InChI=1S/C17H17FN2O2S/c1-10-6-7-14-11(8-10)9-15(23-14)17(22)20-19-16(21)12-4-2-3-5-13(12)18/h2-5,9-10H,6-8H2,1H3,(H,19,21)(H,20,22)/t10-/m0/s1. The van der Waals surface area contributed by atoms with Crippen LogP contribution in [0.1, 0.15) is 43.8 Å². The van der Waals surface area contributed by atoms with Crippen LogP contribution < -0.4 is 10.9 Å². The number of carbonyl (C=O) groups excluding carboxylic acids is 2. The summed E-state index contributed by atoms with van der Waals surface area (Å²) in [7, 11) is 0. The fraction of sp³-hybridized carbons (Fsp3) is 0.294. The second kappa shape index (κ2) is 6.50.